The second-order valence-corrected chi connectivity index (χ2v) is 16.7. The van der Waals surface area contributed by atoms with E-state index in [4.69, 9.17) is 14.7 Å². The summed E-state index contributed by atoms with van der Waals surface area (Å²) in [5.41, 5.74) is 0. The van der Waals surface area contributed by atoms with Crippen molar-refractivity contribution in [2.45, 2.75) is 245 Å². The molecule has 0 fully saturated rings. The number of hydrogen-bond acceptors (Lipinski definition) is 8. The van der Waals surface area contributed by atoms with E-state index in [1.807, 2.05) is 7.05 Å². The van der Waals surface area contributed by atoms with Crippen molar-refractivity contribution in [3.05, 3.63) is 11.9 Å². The van der Waals surface area contributed by atoms with Crippen molar-refractivity contribution >= 4 is 11.9 Å². The van der Waals surface area contributed by atoms with Gasteiger partial charge in [0.1, 0.15) is 11.9 Å². The molecule has 0 heterocycles. The van der Waals surface area contributed by atoms with Crippen LogP contribution in [0.25, 0.3) is 0 Å². The number of nitrogens with one attached hydrogen (secondary N) is 2. The summed E-state index contributed by atoms with van der Waals surface area (Å²) >= 11 is 0. The largest absolute Gasteiger partial charge is 0.466 e. The third kappa shape index (κ3) is 40.3. The smallest absolute Gasteiger partial charge is 0.306 e. The predicted octanol–water partition coefficient (Wildman–Crippen LogP) is 13.2. The summed E-state index contributed by atoms with van der Waals surface area (Å²) in [4.78, 5) is 27.5. The Labute approximate surface area is 353 Å². The lowest BCUT2D eigenvalue weighted by molar-refractivity contribution is -0.150. The van der Waals surface area contributed by atoms with Gasteiger partial charge in [0, 0.05) is 26.4 Å². The van der Waals surface area contributed by atoms with Crippen molar-refractivity contribution < 1.29 is 19.1 Å². The van der Waals surface area contributed by atoms with Gasteiger partial charge in [-0.15, -0.1) is 0 Å². The van der Waals surface area contributed by atoms with Gasteiger partial charge in [0.05, 0.1) is 18.8 Å². The second-order valence-electron chi connectivity index (χ2n) is 16.7. The molecule has 0 unspecified atom stereocenters. The molecule has 8 heteroatoms. The van der Waals surface area contributed by atoms with Gasteiger partial charge in [-0.25, -0.2) is 0 Å². The predicted molar refractivity (Wildman–Crippen MR) is 242 cm³/mol. The van der Waals surface area contributed by atoms with Gasteiger partial charge in [0.2, 0.25) is 0 Å². The molecule has 334 valence electrons. The maximum absolute atomic E-state index is 12.8. The van der Waals surface area contributed by atoms with Crippen LogP contribution in [0.3, 0.4) is 0 Å². The first-order chi connectivity index (χ1) is 28.0. The Bertz CT molecular complexity index is 936. The Kier molecular flexibility index (Phi) is 43.0. The van der Waals surface area contributed by atoms with Crippen LogP contribution in [0.4, 0.5) is 0 Å². The molecule has 0 aromatic heterocycles. The van der Waals surface area contributed by atoms with Crippen molar-refractivity contribution in [1.82, 2.24) is 15.5 Å². The molecular weight excluding hydrogens is 709 g/mol. The fourth-order valence-corrected chi connectivity index (χ4v) is 7.54. The Morgan fingerprint density at radius 1 is 0.561 bits per heavy atom. The van der Waals surface area contributed by atoms with E-state index in [2.05, 4.69) is 42.4 Å². The standard InChI is InChI=1S/C49H94N4O4/c1-5-8-11-14-17-26-33-45-56-48(54)37-29-22-18-24-31-42-53(44-34-41-52-47(51-4)39-40-50)43-32-25-19-23-30-38-49(55)57-46(35-27-20-15-12-9-6-2)36-28-21-16-13-10-7-3/h39,46,51-52H,5-38,41-45H2,1-4H3/b47-39+. The maximum atomic E-state index is 12.8. The van der Waals surface area contributed by atoms with E-state index in [-0.39, 0.29) is 18.0 Å². The fourth-order valence-electron chi connectivity index (χ4n) is 7.54. The lowest BCUT2D eigenvalue weighted by atomic mass is 10.0. The van der Waals surface area contributed by atoms with Gasteiger partial charge in [0.25, 0.3) is 0 Å². The highest BCUT2D eigenvalue weighted by molar-refractivity contribution is 5.69. The van der Waals surface area contributed by atoms with Crippen LogP contribution in [-0.4, -0.2) is 62.8 Å². The number of carbonyl (C=O) groups is 2. The highest BCUT2D eigenvalue weighted by atomic mass is 16.5. The molecule has 0 saturated heterocycles. The molecule has 2 N–H and O–H groups in total. The summed E-state index contributed by atoms with van der Waals surface area (Å²) < 4.78 is 11.5. The van der Waals surface area contributed by atoms with E-state index < -0.39 is 0 Å². The zero-order valence-corrected chi connectivity index (χ0v) is 38.3. The number of unbranched alkanes of at least 4 members (excludes halogenated alkanes) is 24. The molecule has 0 aliphatic carbocycles. The van der Waals surface area contributed by atoms with E-state index in [1.165, 1.54) is 141 Å². The molecule has 0 amide bonds. The van der Waals surface area contributed by atoms with Gasteiger partial charge in [-0.1, -0.05) is 162 Å². The quantitative estimate of drug-likeness (QED) is 0.0356. The van der Waals surface area contributed by atoms with Gasteiger partial charge in [0.15, 0.2) is 0 Å². The first-order valence-electron chi connectivity index (χ1n) is 24.6. The molecule has 0 rings (SSSR count). The number of ether oxygens (including phenoxy) is 2. The lowest BCUT2D eigenvalue weighted by Gasteiger charge is -2.23. The van der Waals surface area contributed by atoms with Crippen LogP contribution in [0, 0.1) is 11.3 Å². The van der Waals surface area contributed by atoms with E-state index in [9.17, 15) is 9.59 Å². The summed E-state index contributed by atoms with van der Waals surface area (Å²) in [6.07, 6.45) is 40.9. The lowest BCUT2D eigenvalue weighted by Crippen LogP contribution is -2.31. The number of allylic oxidation sites excluding steroid dienone is 1. The van der Waals surface area contributed by atoms with Crippen molar-refractivity contribution in [3.8, 4) is 6.07 Å². The Morgan fingerprint density at radius 3 is 1.47 bits per heavy atom. The summed E-state index contributed by atoms with van der Waals surface area (Å²) in [5, 5.41) is 15.4. The Balaban J connectivity index is 4.42. The summed E-state index contributed by atoms with van der Waals surface area (Å²) in [6.45, 7) is 11.4. The van der Waals surface area contributed by atoms with Crippen LogP contribution in [-0.2, 0) is 19.1 Å². The van der Waals surface area contributed by atoms with Crippen molar-refractivity contribution in [2.24, 2.45) is 0 Å². The monoisotopic (exact) mass is 803 g/mol. The normalized spacial score (nSPS) is 11.6. The van der Waals surface area contributed by atoms with Crippen molar-refractivity contribution in [1.29, 1.82) is 5.26 Å². The fraction of sp³-hybridized carbons (Fsp3) is 0.898. The topological polar surface area (TPSA) is 104 Å². The van der Waals surface area contributed by atoms with E-state index in [0.717, 1.165) is 103 Å². The molecule has 0 aromatic rings. The van der Waals surface area contributed by atoms with Crippen LogP contribution in [0.1, 0.15) is 239 Å². The van der Waals surface area contributed by atoms with E-state index >= 15 is 0 Å². The second kappa shape index (κ2) is 44.8. The molecule has 0 spiro atoms. The zero-order valence-electron chi connectivity index (χ0n) is 38.3. The first-order valence-corrected chi connectivity index (χ1v) is 24.6. The van der Waals surface area contributed by atoms with Gasteiger partial charge < -0.3 is 25.0 Å². The zero-order chi connectivity index (χ0) is 41.7. The molecule has 0 aromatic carbocycles. The van der Waals surface area contributed by atoms with Crippen molar-refractivity contribution in [2.75, 3.05) is 39.8 Å². The highest BCUT2D eigenvalue weighted by Crippen LogP contribution is 2.19. The average molecular weight is 803 g/mol. The third-order valence-corrected chi connectivity index (χ3v) is 11.2. The highest BCUT2D eigenvalue weighted by Gasteiger charge is 2.14. The molecule has 0 bridgehead atoms. The Morgan fingerprint density at radius 2 is 0.982 bits per heavy atom. The van der Waals surface area contributed by atoms with Crippen LogP contribution in [0.2, 0.25) is 0 Å². The molecule has 57 heavy (non-hydrogen) atoms. The average Bonchev–Trinajstić information content (AvgIpc) is 3.21. The third-order valence-electron chi connectivity index (χ3n) is 11.2. The van der Waals surface area contributed by atoms with E-state index in [0.29, 0.717) is 19.4 Å². The maximum Gasteiger partial charge on any atom is 0.306 e. The van der Waals surface area contributed by atoms with E-state index in [1.54, 1.807) is 0 Å². The van der Waals surface area contributed by atoms with Crippen LogP contribution in [0.15, 0.2) is 11.9 Å². The molecule has 0 aliphatic heterocycles. The van der Waals surface area contributed by atoms with Crippen LogP contribution in [0.5, 0.6) is 0 Å². The number of hydrogen-bond donors (Lipinski definition) is 2. The molecule has 0 saturated carbocycles. The number of nitrogens with zero attached hydrogens (tertiary/aromatic N) is 2. The van der Waals surface area contributed by atoms with Gasteiger partial charge in [-0.2, -0.15) is 5.26 Å². The first kappa shape index (κ1) is 54.7. The van der Waals surface area contributed by atoms with Crippen LogP contribution >= 0.6 is 0 Å². The van der Waals surface area contributed by atoms with Gasteiger partial charge in [-0.3, -0.25) is 9.59 Å². The summed E-state index contributed by atoms with van der Waals surface area (Å²) in [7, 11) is 1.83. The number of nitriles is 1. The minimum absolute atomic E-state index is 0.0153. The van der Waals surface area contributed by atoms with Crippen molar-refractivity contribution in [3.63, 3.8) is 0 Å². The SMILES string of the molecule is CCCCCCCCCOC(=O)CCCCCCCN(CCCCCCCC(=O)OC(CCCCCCCC)CCCCCCCC)CCCN/C(=C/C#N)NC. The molecule has 0 atom stereocenters. The minimum atomic E-state index is -0.0296. The Hall–Kier alpha value is -2.27. The van der Waals surface area contributed by atoms with Gasteiger partial charge in [-0.05, 0) is 83.8 Å². The molecule has 0 radical (unpaired) electrons. The van der Waals surface area contributed by atoms with Crippen LogP contribution < -0.4 is 10.6 Å². The minimum Gasteiger partial charge on any atom is -0.466 e. The molecule has 8 nitrogen and oxygen atoms in total. The van der Waals surface area contributed by atoms with Gasteiger partial charge >= 0.3 is 11.9 Å². The number of rotatable bonds is 45. The summed E-state index contributed by atoms with van der Waals surface area (Å²) in [5.74, 6) is 0.750. The number of carbonyl (C=O) groups excluding carboxylic acids is 2. The molecule has 0 aliphatic rings. The summed E-state index contributed by atoms with van der Waals surface area (Å²) in [6, 6.07) is 2.09. The number of esters is 2. The molecular formula is C49H94N4O4.